The fourth-order valence-corrected chi connectivity index (χ4v) is 5.79. The number of carbonyl (C=O) groups excluding carboxylic acids is 2. The molecule has 9 nitrogen and oxygen atoms in total. The van der Waals surface area contributed by atoms with Crippen LogP contribution in [0, 0.1) is 26.9 Å². The number of fused-ring (bicyclic) bond motifs is 3. The van der Waals surface area contributed by atoms with E-state index in [-0.39, 0.29) is 30.0 Å². The lowest BCUT2D eigenvalue weighted by atomic mass is 9.46. The fourth-order valence-electron chi connectivity index (χ4n) is 5.79. The molecule has 0 aromatic heterocycles. The molecule has 4 rings (SSSR count). The quantitative estimate of drug-likeness (QED) is 0.420. The Kier molecular flexibility index (Phi) is 4.94. The number of benzene rings is 1. The van der Waals surface area contributed by atoms with Crippen LogP contribution in [0.3, 0.4) is 0 Å². The summed E-state index contributed by atoms with van der Waals surface area (Å²) < 4.78 is 11.0. The van der Waals surface area contributed by atoms with Crippen molar-refractivity contribution in [1.82, 2.24) is 0 Å². The van der Waals surface area contributed by atoms with Crippen LogP contribution in [0.25, 0.3) is 0 Å². The van der Waals surface area contributed by atoms with Crippen molar-refractivity contribution < 1.29 is 34.2 Å². The van der Waals surface area contributed by atoms with Crippen molar-refractivity contribution >= 4 is 17.6 Å². The lowest BCUT2D eigenvalue weighted by Crippen LogP contribution is -2.65. The van der Waals surface area contributed by atoms with Crippen molar-refractivity contribution in [3.63, 3.8) is 0 Å². The van der Waals surface area contributed by atoms with Gasteiger partial charge in [-0.25, -0.2) is 9.59 Å². The molecule has 0 radical (unpaired) electrons. The summed E-state index contributed by atoms with van der Waals surface area (Å²) in [6.45, 7) is 3.40. The molecule has 1 aromatic carbocycles. The van der Waals surface area contributed by atoms with E-state index in [1.165, 1.54) is 30.3 Å². The number of nitrogens with zero attached hydrogens (tertiary/aromatic N) is 1. The average Bonchev–Trinajstić information content (AvgIpc) is 3.04. The third-order valence-corrected chi connectivity index (χ3v) is 7.48. The predicted molar refractivity (Wildman–Crippen MR) is 107 cm³/mol. The summed E-state index contributed by atoms with van der Waals surface area (Å²) in [5.74, 6) is -1.82. The lowest BCUT2D eigenvalue weighted by Gasteiger charge is -2.60. The number of nitro benzene ring substituents is 1. The maximum absolute atomic E-state index is 12.9. The van der Waals surface area contributed by atoms with E-state index < -0.39 is 45.3 Å². The summed E-state index contributed by atoms with van der Waals surface area (Å²) in [5, 5.41) is 32.6. The van der Waals surface area contributed by atoms with Crippen LogP contribution in [0.2, 0.25) is 0 Å². The molecule has 1 saturated heterocycles. The highest BCUT2D eigenvalue weighted by Crippen LogP contribution is 2.63. The highest BCUT2D eigenvalue weighted by atomic mass is 16.6. The molecule has 1 saturated carbocycles. The van der Waals surface area contributed by atoms with Crippen molar-refractivity contribution in [2.45, 2.75) is 44.8 Å². The van der Waals surface area contributed by atoms with Crippen molar-refractivity contribution in [3.05, 3.63) is 51.6 Å². The van der Waals surface area contributed by atoms with E-state index in [0.717, 1.165) is 6.42 Å². The van der Waals surface area contributed by atoms with Gasteiger partial charge in [-0.05, 0) is 36.5 Å². The van der Waals surface area contributed by atoms with Gasteiger partial charge in [-0.2, -0.15) is 0 Å². The zero-order valence-corrected chi connectivity index (χ0v) is 17.4. The molecule has 0 unspecified atom stereocenters. The minimum Gasteiger partial charge on any atom is -0.459 e. The number of cyclic esters (lactones) is 1. The van der Waals surface area contributed by atoms with Crippen molar-refractivity contribution in [2.24, 2.45) is 16.7 Å². The van der Waals surface area contributed by atoms with Crippen LogP contribution >= 0.6 is 0 Å². The van der Waals surface area contributed by atoms with Gasteiger partial charge < -0.3 is 19.7 Å². The first-order valence-electron chi connectivity index (χ1n) is 10.2. The van der Waals surface area contributed by atoms with Crippen LogP contribution < -0.4 is 0 Å². The zero-order valence-electron chi connectivity index (χ0n) is 17.4. The van der Waals surface area contributed by atoms with Crippen LogP contribution in [0.5, 0.6) is 0 Å². The molecule has 9 heteroatoms. The second-order valence-corrected chi connectivity index (χ2v) is 9.25. The first-order valence-corrected chi connectivity index (χ1v) is 10.2. The number of aliphatic hydroxyl groups excluding tert-OH is 1. The number of hydrogen-bond acceptors (Lipinski definition) is 8. The Bertz CT molecular complexity index is 972. The number of non-ortho nitro benzene ring substituents is 1. The van der Waals surface area contributed by atoms with Crippen LogP contribution in [0.4, 0.5) is 5.69 Å². The molecular formula is C22H25NO8. The van der Waals surface area contributed by atoms with E-state index in [2.05, 4.69) is 0 Å². The molecule has 5 atom stereocenters. The van der Waals surface area contributed by atoms with Gasteiger partial charge in [0.05, 0.1) is 16.1 Å². The molecule has 1 heterocycles. The molecule has 166 valence electrons. The van der Waals surface area contributed by atoms with E-state index in [1.807, 2.05) is 13.8 Å². The van der Waals surface area contributed by atoms with E-state index in [0.29, 0.717) is 12.8 Å². The minimum atomic E-state index is -1.53. The number of aliphatic hydroxyl groups is 2. The van der Waals surface area contributed by atoms with E-state index >= 15 is 0 Å². The first-order chi connectivity index (χ1) is 14.6. The highest BCUT2D eigenvalue weighted by Gasteiger charge is 2.68. The third kappa shape index (κ3) is 3.06. The minimum absolute atomic E-state index is 0.0786. The third-order valence-electron chi connectivity index (χ3n) is 7.48. The van der Waals surface area contributed by atoms with Gasteiger partial charge in [0.1, 0.15) is 18.3 Å². The topological polar surface area (TPSA) is 136 Å². The van der Waals surface area contributed by atoms with Crippen LogP contribution in [-0.4, -0.2) is 52.0 Å². The van der Waals surface area contributed by atoms with E-state index in [9.17, 15) is 29.9 Å². The zero-order chi connectivity index (χ0) is 22.6. The molecule has 31 heavy (non-hydrogen) atoms. The van der Waals surface area contributed by atoms with Crippen LogP contribution in [0.1, 0.15) is 43.5 Å². The molecule has 1 aliphatic heterocycles. The molecular weight excluding hydrogens is 406 g/mol. The van der Waals surface area contributed by atoms with Gasteiger partial charge in [-0.3, -0.25) is 10.1 Å². The number of rotatable bonds is 4. The van der Waals surface area contributed by atoms with Crippen LogP contribution in [-0.2, 0) is 14.3 Å². The van der Waals surface area contributed by atoms with E-state index in [4.69, 9.17) is 9.47 Å². The Morgan fingerprint density at radius 1 is 1.29 bits per heavy atom. The molecule has 3 aliphatic rings. The summed E-state index contributed by atoms with van der Waals surface area (Å²) in [4.78, 5) is 35.5. The van der Waals surface area contributed by atoms with Crippen molar-refractivity contribution in [3.8, 4) is 0 Å². The normalized spacial score (nSPS) is 36.6. The number of carbonyl (C=O) groups is 2. The van der Waals surface area contributed by atoms with Gasteiger partial charge in [0.2, 0.25) is 0 Å². The Morgan fingerprint density at radius 2 is 1.97 bits per heavy atom. The standard InChI is InChI=1S/C22H25NO8/c1-20(11-24)8-3-9-21(2)17(20)16(10-15-19(26)30-12-22(15,21)27)31-18(25)13-4-6-14(7-5-13)23(28)29/h4-7,10,16-17,24,27H,3,8-9,11-12H2,1-2H3/t16-,17+,20-,21+,22-/m1/s1. The first kappa shape index (κ1) is 21.5. The number of nitro groups is 1. The maximum Gasteiger partial charge on any atom is 0.338 e. The summed E-state index contributed by atoms with van der Waals surface area (Å²) >= 11 is 0. The van der Waals surface area contributed by atoms with Gasteiger partial charge in [-0.1, -0.05) is 20.3 Å². The van der Waals surface area contributed by atoms with Crippen LogP contribution in [0.15, 0.2) is 35.9 Å². The molecule has 2 fully saturated rings. The molecule has 0 amide bonds. The SMILES string of the molecule is C[C@]1(CO)CCC[C@@]2(C)[C@H]1[C@H](OC(=O)c1ccc([N+](=O)[O-])cc1)C=C1C(=O)OC[C@@]12O. The largest absolute Gasteiger partial charge is 0.459 e. The average molecular weight is 431 g/mol. The van der Waals surface area contributed by atoms with Gasteiger partial charge >= 0.3 is 11.9 Å². The summed E-state index contributed by atoms with van der Waals surface area (Å²) in [5.41, 5.74) is -2.99. The molecule has 2 N–H and O–H groups in total. The second-order valence-electron chi connectivity index (χ2n) is 9.25. The lowest BCUT2D eigenvalue weighted by molar-refractivity contribution is -0.384. The summed E-state index contributed by atoms with van der Waals surface area (Å²) in [7, 11) is 0. The molecule has 2 aliphatic carbocycles. The Labute approximate surface area is 178 Å². The van der Waals surface area contributed by atoms with Gasteiger partial charge in [0.15, 0.2) is 0 Å². The Hall–Kier alpha value is -2.78. The highest BCUT2D eigenvalue weighted by molar-refractivity contribution is 5.94. The predicted octanol–water partition coefficient (Wildman–Crippen LogP) is 2.15. The Morgan fingerprint density at radius 3 is 2.58 bits per heavy atom. The maximum atomic E-state index is 12.9. The van der Waals surface area contributed by atoms with Crippen molar-refractivity contribution in [2.75, 3.05) is 13.2 Å². The van der Waals surface area contributed by atoms with Gasteiger partial charge in [-0.15, -0.1) is 0 Å². The number of hydrogen-bond donors (Lipinski definition) is 2. The second kappa shape index (κ2) is 7.13. The molecule has 0 spiro atoms. The summed E-state index contributed by atoms with van der Waals surface area (Å²) in [6, 6.07) is 5.04. The smallest absolute Gasteiger partial charge is 0.338 e. The van der Waals surface area contributed by atoms with E-state index in [1.54, 1.807) is 0 Å². The number of ether oxygens (including phenoxy) is 2. The fraction of sp³-hybridized carbons (Fsp3) is 0.545. The monoisotopic (exact) mass is 431 g/mol. The molecule has 0 bridgehead atoms. The summed E-state index contributed by atoms with van der Waals surface area (Å²) in [6.07, 6.45) is 2.54. The Balaban J connectivity index is 1.74. The molecule has 1 aromatic rings. The van der Waals surface area contributed by atoms with Crippen molar-refractivity contribution in [1.29, 1.82) is 0 Å². The number of esters is 2. The van der Waals surface area contributed by atoms with Gasteiger partial charge in [0.25, 0.3) is 5.69 Å². The van der Waals surface area contributed by atoms with Gasteiger partial charge in [0, 0.05) is 30.1 Å².